The molecule has 1 atom stereocenters. The summed E-state index contributed by atoms with van der Waals surface area (Å²) in [5.41, 5.74) is 1.99. The molecule has 33 heavy (non-hydrogen) atoms. The fourth-order valence-electron chi connectivity index (χ4n) is 3.97. The molecule has 2 amide bonds. The third kappa shape index (κ3) is 7.38. The predicted molar refractivity (Wildman–Crippen MR) is 127 cm³/mol. The summed E-state index contributed by atoms with van der Waals surface area (Å²) >= 11 is 0. The first kappa shape index (κ1) is 24.9. The van der Waals surface area contributed by atoms with Crippen LogP contribution < -0.4 is 15.8 Å². The van der Waals surface area contributed by atoms with Crippen molar-refractivity contribution in [2.24, 2.45) is 11.1 Å². The maximum absolute atomic E-state index is 12.6. The zero-order chi connectivity index (χ0) is 23.8. The third-order valence-electron chi connectivity index (χ3n) is 6.10. The van der Waals surface area contributed by atoms with Crippen LogP contribution in [-0.2, 0) is 32.6 Å². The van der Waals surface area contributed by atoms with Crippen molar-refractivity contribution in [3.63, 3.8) is 0 Å². The molecule has 178 valence electrons. The molecule has 1 aliphatic heterocycles. The molecule has 1 unspecified atom stereocenters. The summed E-state index contributed by atoms with van der Waals surface area (Å²) in [6.45, 7) is 4.27. The van der Waals surface area contributed by atoms with Crippen LogP contribution in [0.2, 0.25) is 0 Å². The molecule has 0 bridgehead atoms. The normalized spacial score (nSPS) is 16.2. The molecule has 1 heterocycles. The first-order valence-electron chi connectivity index (χ1n) is 11.2. The van der Waals surface area contributed by atoms with Gasteiger partial charge in [0.15, 0.2) is 0 Å². The van der Waals surface area contributed by atoms with Crippen molar-refractivity contribution in [1.82, 2.24) is 15.5 Å². The van der Waals surface area contributed by atoms with Crippen LogP contribution in [0, 0.1) is 5.92 Å². The summed E-state index contributed by atoms with van der Waals surface area (Å²) in [5, 5.41) is 11.1. The second-order valence-electron chi connectivity index (χ2n) is 8.42. The van der Waals surface area contributed by atoms with Gasteiger partial charge in [-0.1, -0.05) is 42.5 Å². The predicted octanol–water partition coefficient (Wildman–Crippen LogP) is 1.41. The van der Waals surface area contributed by atoms with Crippen molar-refractivity contribution >= 4 is 21.8 Å². The fourth-order valence-corrected chi connectivity index (χ4v) is 4.48. The van der Waals surface area contributed by atoms with E-state index in [9.17, 15) is 18.0 Å². The van der Waals surface area contributed by atoms with Crippen molar-refractivity contribution in [1.29, 1.82) is 0 Å². The van der Waals surface area contributed by atoms with Crippen LogP contribution >= 0.6 is 0 Å². The van der Waals surface area contributed by atoms with E-state index >= 15 is 0 Å². The summed E-state index contributed by atoms with van der Waals surface area (Å²) in [5.74, 6) is -0.00673. The van der Waals surface area contributed by atoms with Gasteiger partial charge in [0.05, 0.1) is 10.9 Å². The fraction of sp³-hybridized carbons (Fsp3) is 0.417. The van der Waals surface area contributed by atoms with E-state index in [1.165, 1.54) is 12.1 Å². The molecule has 0 spiro atoms. The smallest absolute Gasteiger partial charge is 0.238 e. The minimum Gasteiger partial charge on any atom is -0.354 e. The number of nitrogens with one attached hydrogen (secondary N) is 2. The van der Waals surface area contributed by atoms with Crippen molar-refractivity contribution < 1.29 is 18.0 Å². The Labute approximate surface area is 195 Å². The molecular formula is C24H32N4O4S. The number of likely N-dealkylation sites (tertiary alicyclic amines) is 1. The molecule has 0 aromatic heterocycles. The number of nitrogens with two attached hydrogens (primary N) is 1. The van der Waals surface area contributed by atoms with E-state index in [0.29, 0.717) is 32.6 Å². The number of piperidine rings is 1. The Morgan fingerprint density at radius 1 is 1.00 bits per heavy atom. The quantitative estimate of drug-likeness (QED) is 0.509. The second-order valence-corrected chi connectivity index (χ2v) is 9.98. The van der Waals surface area contributed by atoms with Crippen LogP contribution in [0.1, 0.15) is 30.9 Å². The molecule has 1 aliphatic rings. The number of amides is 2. The number of carbonyl (C=O) groups is 2. The Morgan fingerprint density at radius 3 is 2.24 bits per heavy atom. The Balaban J connectivity index is 1.37. The van der Waals surface area contributed by atoms with Crippen molar-refractivity contribution in [2.75, 3.05) is 19.6 Å². The van der Waals surface area contributed by atoms with Crippen molar-refractivity contribution in [3.05, 3.63) is 65.7 Å². The Morgan fingerprint density at radius 2 is 1.64 bits per heavy atom. The Hall–Kier alpha value is -2.75. The molecular weight excluding hydrogens is 440 g/mol. The molecule has 9 heteroatoms. The highest BCUT2D eigenvalue weighted by molar-refractivity contribution is 7.89. The van der Waals surface area contributed by atoms with Gasteiger partial charge in [0.1, 0.15) is 0 Å². The number of carbonyl (C=O) groups excluding carboxylic acids is 2. The molecule has 0 saturated carbocycles. The van der Waals surface area contributed by atoms with E-state index in [4.69, 9.17) is 5.14 Å². The van der Waals surface area contributed by atoms with E-state index in [2.05, 4.69) is 15.5 Å². The maximum atomic E-state index is 12.6. The Bertz CT molecular complexity index is 1030. The lowest BCUT2D eigenvalue weighted by molar-refractivity contribution is -0.128. The van der Waals surface area contributed by atoms with Gasteiger partial charge in [0.2, 0.25) is 21.8 Å². The summed E-state index contributed by atoms with van der Waals surface area (Å²) in [6.07, 6.45) is 2.05. The van der Waals surface area contributed by atoms with E-state index in [1.54, 1.807) is 12.1 Å². The molecule has 2 aromatic rings. The lowest BCUT2D eigenvalue weighted by Crippen LogP contribution is -2.50. The first-order chi connectivity index (χ1) is 15.7. The van der Waals surface area contributed by atoms with Gasteiger partial charge < -0.3 is 10.6 Å². The number of benzene rings is 2. The number of sulfonamides is 1. The zero-order valence-electron chi connectivity index (χ0n) is 18.9. The first-order valence-corrected chi connectivity index (χ1v) is 12.7. The van der Waals surface area contributed by atoms with E-state index in [0.717, 1.165) is 24.0 Å². The highest BCUT2D eigenvalue weighted by Gasteiger charge is 2.29. The molecule has 3 rings (SSSR count). The topological polar surface area (TPSA) is 122 Å². The minimum atomic E-state index is -3.70. The third-order valence-corrected chi connectivity index (χ3v) is 7.03. The molecule has 1 fully saturated rings. The van der Waals surface area contributed by atoms with Gasteiger partial charge in [-0.15, -0.1) is 0 Å². The van der Waals surface area contributed by atoms with Crippen molar-refractivity contribution in [2.45, 2.75) is 43.7 Å². The van der Waals surface area contributed by atoms with Gasteiger partial charge in [0.25, 0.3) is 0 Å². The van der Waals surface area contributed by atoms with Crippen molar-refractivity contribution in [3.8, 4) is 0 Å². The maximum Gasteiger partial charge on any atom is 0.238 e. The lowest BCUT2D eigenvalue weighted by atomic mass is 9.94. The van der Waals surface area contributed by atoms with Gasteiger partial charge in [-0.25, -0.2) is 13.6 Å². The molecule has 8 nitrogen and oxygen atoms in total. The summed E-state index contributed by atoms with van der Waals surface area (Å²) in [4.78, 5) is 27.2. The molecule has 0 radical (unpaired) electrons. The van der Waals surface area contributed by atoms with Crippen LogP contribution in [0.25, 0.3) is 0 Å². The van der Waals surface area contributed by atoms with Crippen LogP contribution in [0.4, 0.5) is 0 Å². The van der Waals surface area contributed by atoms with Crippen LogP contribution in [0.15, 0.2) is 59.5 Å². The summed E-state index contributed by atoms with van der Waals surface area (Å²) < 4.78 is 22.6. The Kier molecular flexibility index (Phi) is 8.60. The van der Waals surface area contributed by atoms with Gasteiger partial charge in [0, 0.05) is 19.0 Å². The molecule has 4 N–H and O–H groups in total. The van der Waals surface area contributed by atoms with E-state index in [-0.39, 0.29) is 28.7 Å². The van der Waals surface area contributed by atoms with Crippen LogP contribution in [-0.4, -0.2) is 50.8 Å². The highest BCUT2D eigenvalue weighted by atomic mass is 32.2. The van der Waals surface area contributed by atoms with E-state index in [1.807, 2.05) is 37.3 Å². The monoisotopic (exact) mass is 472 g/mol. The summed E-state index contributed by atoms with van der Waals surface area (Å²) in [6, 6.07) is 15.9. The van der Waals surface area contributed by atoms with Gasteiger partial charge in [-0.3, -0.25) is 14.5 Å². The van der Waals surface area contributed by atoms with Gasteiger partial charge in [-0.2, -0.15) is 0 Å². The molecule has 0 aliphatic carbocycles. The average Bonchev–Trinajstić information content (AvgIpc) is 2.82. The van der Waals surface area contributed by atoms with Gasteiger partial charge in [-0.05, 0) is 62.5 Å². The van der Waals surface area contributed by atoms with Crippen LogP contribution in [0.3, 0.4) is 0 Å². The van der Waals surface area contributed by atoms with E-state index < -0.39 is 10.0 Å². The molecule has 1 saturated heterocycles. The highest BCUT2D eigenvalue weighted by Crippen LogP contribution is 2.19. The number of hydrogen-bond donors (Lipinski definition) is 3. The number of hydrogen-bond acceptors (Lipinski definition) is 5. The summed E-state index contributed by atoms with van der Waals surface area (Å²) in [7, 11) is -3.70. The standard InChI is InChI=1S/C24H32N4O4S/c1-18(23(29)26-14-11-19-7-9-22(10-8-19)33(25,31)32)28-15-12-21(13-16-28)24(30)27-17-20-5-3-2-4-6-20/h2-10,18,21H,11-17H2,1H3,(H,26,29)(H,27,30)(H2,25,31,32). The number of primary sulfonamides is 1. The SMILES string of the molecule is CC(C(=O)NCCc1ccc(S(N)(=O)=O)cc1)N1CCC(C(=O)NCc2ccccc2)CC1. The average molecular weight is 473 g/mol. The number of nitrogens with zero attached hydrogens (tertiary/aromatic N) is 1. The molecule has 2 aromatic carbocycles. The number of rotatable bonds is 9. The zero-order valence-corrected chi connectivity index (χ0v) is 19.7. The van der Waals surface area contributed by atoms with Gasteiger partial charge >= 0.3 is 0 Å². The minimum absolute atomic E-state index is 0.0273. The van der Waals surface area contributed by atoms with Crippen LogP contribution in [0.5, 0.6) is 0 Å². The second kappa shape index (κ2) is 11.4. The largest absolute Gasteiger partial charge is 0.354 e. The lowest BCUT2D eigenvalue weighted by Gasteiger charge is -2.34.